The average molecular weight is 657 g/mol. The molecule has 0 aliphatic heterocycles. The summed E-state index contributed by atoms with van der Waals surface area (Å²) in [4.78, 5) is 41.4. The van der Waals surface area contributed by atoms with Crippen molar-refractivity contribution >= 4 is 44.2 Å². The first-order chi connectivity index (χ1) is 20.9. The summed E-state index contributed by atoms with van der Waals surface area (Å²) in [7, 11) is -2.89. The standard InChI is InChI=1S/C31H36N4O8S2/c1-30(2,3)42-28(37)26-27(44-19-34-26)35(18-20-8-11-24(41-7)12-9-20)45(39,40)25-13-10-21(22(15-25)16-32)14-23(36)17-33-29(38)43-31(4,5)6/h8-13,15,19H,14,17-18H2,1-7H3,(H,33,38). The van der Waals surface area contributed by atoms with E-state index < -0.39 is 39.1 Å². The molecule has 1 heterocycles. The predicted octanol–water partition coefficient (Wildman–Crippen LogP) is 5.01. The zero-order valence-electron chi connectivity index (χ0n) is 26.2. The molecule has 3 aromatic rings. The van der Waals surface area contributed by atoms with Gasteiger partial charge in [0, 0.05) is 6.42 Å². The molecule has 14 heteroatoms. The third-order valence-electron chi connectivity index (χ3n) is 5.86. The van der Waals surface area contributed by atoms with Gasteiger partial charge in [-0.1, -0.05) is 18.2 Å². The fourth-order valence-corrected chi connectivity index (χ4v) is 6.40. The van der Waals surface area contributed by atoms with Crippen molar-refractivity contribution in [3.05, 3.63) is 70.4 Å². The lowest BCUT2D eigenvalue weighted by atomic mass is 10.0. The number of hydrogen-bond donors (Lipinski definition) is 1. The third-order valence-corrected chi connectivity index (χ3v) is 8.56. The number of thiazole rings is 1. The summed E-state index contributed by atoms with van der Waals surface area (Å²) in [6, 6.07) is 12.5. The Morgan fingerprint density at radius 3 is 2.22 bits per heavy atom. The topological polar surface area (TPSA) is 165 Å². The highest BCUT2D eigenvalue weighted by molar-refractivity contribution is 7.93. The fourth-order valence-electron chi connectivity index (χ4n) is 3.91. The molecule has 0 saturated heterocycles. The quantitative estimate of drug-likeness (QED) is 0.277. The summed E-state index contributed by atoms with van der Waals surface area (Å²) in [5.74, 6) is -0.633. The van der Waals surface area contributed by atoms with Crippen molar-refractivity contribution in [2.24, 2.45) is 0 Å². The van der Waals surface area contributed by atoms with Crippen LogP contribution in [0.3, 0.4) is 0 Å². The van der Waals surface area contributed by atoms with Crippen molar-refractivity contribution < 1.29 is 37.0 Å². The van der Waals surface area contributed by atoms with Crippen molar-refractivity contribution in [2.75, 3.05) is 18.0 Å². The number of rotatable bonds is 11. The molecule has 0 unspecified atom stereocenters. The number of carbonyl (C=O) groups is 3. The molecule has 240 valence electrons. The Hall–Kier alpha value is -4.48. The van der Waals surface area contributed by atoms with Crippen molar-refractivity contribution in [2.45, 2.75) is 70.6 Å². The number of amides is 1. The van der Waals surface area contributed by atoms with E-state index in [-0.39, 0.29) is 46.2 Å². The fraction of sp³-hybridized carbons (Fsp3) is 0.387. The Morgan fingerprint density at radius 2 is 1.64 bits per heavy atom. The second-order valence-corrected chi connectivity index (χ2v) is 14.6. The number of nitriles is 1. The zero-order chi connectivity index (χ0) is 33.6. The zero-order valence-corrected chi connectivity index (χ0v) is 27.8. The van der Waals surface area contributed by atoms with Crippen LogP contribution < -0.4 is 14.4 Å². The molecule has 1 aromatic heterocycles. The SMILES string of the molecule is COc1ccc(CN(c2scnc2C(=O)OC(C)(C)C)S(=O)(=O)c2ccc(CC(=O)CNC(=O)OC(C)(C)C)c(C#N)c2)cc1. The van der Waals surface area contributed by atoms with Crippen LogP contribution in [0.15, 0.2) is 52.9 Å². The predicted molar refractivity (Wildman–Crippen MR) is 168 cm³/mol. The molecule has 1 N–H and O–H groups in total. The second kappa shape index (κ2) is 14.1. The molecule has 12 nitrogen and oxygen atoms in total. The molecule has 0 fully saturated rings. The lowest BCUT2D eigenvalue weighted by molar-refractivity contribution is -0.117. The van der Waals surface area contributed by atoms with Gasteiger partial charge in [0.15, 0.2) is 11.5 Å². The maximum atomic E-state index is 14.2. The minimum atomic E-state index is -4.40. The second-order valence-electron chi connectivity index (χ2n) is 11.9. The minimum absolute atomic E-state index is 0.0334. The van der Waals surface area contributed by atoms with Crippen LogP contribution in [-0.2, 0) is 37.3 Å². The summed E-state index contributed by atoms with van der Waals surface area (Å²) in [6.07, 6.45) is -0.991. The van der Waals surface area contributed by atoms with Gasteiger partial charge in [-0.25, -0.2) is 23.0 Å². The largest absolute Gasteiger partial charge is 0.497 e. The molecule has 0 spiro atoms. The normalized spacial score (nSPS) is 11.7. The van der Waals surface area contributed by atoms with Gasteiger partial charge >= 0.3 is 12.1 Å². The van der Waals surface area contributed by atoms with E-state index in [0.29, 0.717) is 11.3 Å². The van der Waals surface area contributed by atoms with Crippen LogP contribution in [0.4, 0.5) is 9.80 Å². The number of aromatic nitrogens is 1. The number of alkyl carbamates (subject to hydrolysis) is 1. The lowest BCUT2D eigenvalue weighted by Crippen LogP contribution is -2.36. The molecular formula is C31H36N4O8S2. The van der Waals surface area contributed by atoms with Gasteiger partial charge in [0.2, 0.25) is 0 Å². The van der Waals surface area contributed by atoms with E-state index in [1.807, 2.05) is 6.07 Å². The van der Waals surface area contributed by atoms with E-state index in [9.17, 15) is 28.1 Å². The smallest absolute Gasteiger partial charge is 0.408 e. The van der Waals surface area contributed by atoms with Gasteiger partial charge < -0.3 is 19.5 Å². The number of nitrogens with one attached hydrogen (secondary N) is 1. The number of methoxy groups -OCH3 is 1. The Bertz CT molecular complexity index is 1700. The third kappa shape index (κ3) is 9.75. The van der Waals surface area contributed by atoms with Crippen LogP contribution in [0.5, 0.6) is 5.75 Å². The van der Waals surface area contributed by atoms with Crippen molar-refractivity contribution in [3.63, 3.8) is 0 Å². The summed E-state index contributed by atoms with van der Waals surface area (Å²) in [6.45, 7) is 9.61. The van der Waals surface area contributed by atoms with Crippen LogP contribution in [0.25, 0.3) is 0 Å². The van der Waals surface area contributed by atoms with Gasteiger partial charge in [-0.3, -0.25) is 9.10 Å². The molecule has 0 bridgehead atoms. The number of esters is 1. The molecular weight excluding hydrogens is 620 g/mol. The maximum Gasteiger partial charge on any atom is 0.408 e. The summed E-state index contributed by atoms with van der Waals surface area (Å²) < 4.78 is 45.3. The molecule has 0 atom stereocenters. The molecule has 45 heavy (non-hydrogen) atoms. The molecule has 0 saturated carbocycles. The number of sulfonamides is 1. The van der Waals surface area contributed by atoms with E-state index >= 15 is 0 Å². The number of nitrogens with zero attached hydrogens (tertiary/aromatic N) is 3. The van der Waals surface area contributed by atoms with Crippen LogP contribution in [0, 0.1) is 11.3 Å². The monoisotopic (exact) mass is 656 g/mol. The molecule has 2 aromatic carbocycles. The van der Waals surface area contributed by atoms with Crippen LogP contribution >= 0.6 is 11.3 Å². The number of Topliss-reactive ketones (excluding diaryl/α,β-unsaturated/α-hetero) is 1. The van der Waals surface area contributed by atoms with Gasteiger partial charge in [0.05, 0.1) is 42.2 Å². The number of ether oxygens (including phenoxy) is 3. The molecule has 1 amide bonds. The van der Waals surface area contributed by atoms with Crippen LogP contribution in [-0.4, -0.2) is 56.1 Å². The number of ketones is 1. The van der Waals surface area contributed by atoms with Crippen molar-refractivity contribution in [3.8, 4) is 11.8 Å². The minimum Gasteiger partial charge on any atom is -0.497 e. The van der Waals surface area contributed by atoms with Gasteiger partial charge in [-0.2, -0.15) is 5.26 Å². The highest BCUT2D eigenvalue weighted by Crippen LogP contribution is 2.34. The Balaban J connectivity index is 1.97. The van der Waals surface area contributed by atoms with Gasteiger partial charge in [0.25, 0.3) is 10.0 Å². The Morgan fingerprint density at radius 1 is 1.00 bits per heavy atom. The van der Waals surface area contributed by atoms with Crippen molar-refractivity contribution in [1.29, 1.82) is 5.26 Å². The highest BCUT2D eigenvalue weighted by atomic mass is 32.2. The first-order valence-electron chi connectivity index (χ1n) is 13.8. The first-order valence-corrected chi connectivity index (χ1v) is 16.1. The Labute approximate surface area is 267 Å². The van der Waals surface area contributed by atoms with Crippen molar-refractivity contribution in [1.82, 2.24) is 10.3 Å². The number of carbonyl (C=O) groups excluding carboxylic acids is 3. The molecule has 0 radical (unpaired) electrons. The van der Waals surface area contributed by atoms with Gasteiger partial charge in [-0.05, 0) is 76.9 Å². The summed E-state index contributed by atoms with van der Waals surface area (Å²) >= 11 is 0.949. The number of anilines is 1. The van der Waals surface area contributed by atoms with E-state index in [1.165, 1.54) is 30.8 Å². The number of benzene rings is 2. The molecule has 0 aliphatic carbocycles. The van der Waals surface area contributed by atoms with E-state index in [2.05, 4.69) is 10.3 Å². The Kier molecular flexibility index (Phi) is 11.0. The van der Waals surface area contributed by atoms with Crippen LogP contribution in [0.2, 0.25) is 0 Å². The maximum absolute atomic E-state index is 14.2. The van der Waals surface area contributed by atoms with E-state index in [1.54, 1.807) is 65.8 Å². The first kappa shape index (κ1) is 35.0. The molecule has 3 rings (SSSR count). The molecule has 0 aliphatic rings. The highest BCUT2D eigenvalue weighted by Gasteiger charge is 2.33. The average Bonchev–Trinajstić information content (AvgIpc) is 3.43. The number of hydrogen-bond acceptors (Lipinski definition) is 11. The van der Waals surface area contributed by atoms with E-state index in [0.717, 1.165) is 15.6 Å². The van der Waals surface area contributed by atoms with Gasteiger partial charge in [-0.15, -0.1) is 11.3 Å². The summed E-state index contributed by atoms with van der Waals surface area (Å²) in [5.41, 5.74) is 0.414. The van der Waals surface area contributed by atoms with E-state index in [4.69, 9.17) is 14.2 Å². The van der Waals surface area contributed by atoms with Gasteiger partial charge in [0.1, 0.15) is 22.0 Å². The lowest BCUT2D eigenvalue weighted by Gasteiger charge is -2.25. The summed E-state index contributed by atoms with van der Waals surface area (Å²) in [5, 5.41) is 12.3. The van der Waals surface area contributed by atoms with Crippen LogP contribution in [0.1, 0.15) is 68.7 Å².